The lowest BCUT2D eigenvalue weighted by Gasteiger charge is -2.33. The van der Waals surface area contributed by atoms with E-state index in [2.05, 4.69) is 29.2 Å². The predicted molar refractivity (Wildman–Crippen MR) is 101 cm³/mol. The number of hydrogen-bond acceptors (Lipinski definition) is 3. The van der Waals surface area contributed by atoms with Crippen LogP contribution in [0.4, 0.5) is 4.79 Å². The van der Waals surface area contributed by atoms with Crippen LogP contribution >= 0.6 is 11.6 Å². The van der Waals surface area contributed by atoms with Gasteiger partial charge < -0.3 is 15.4 Å². The number of nitrogens with one attached hydrogen (secondary N) is 2. The van der Waals surface area contributed by atoms with E-state index >= 15 is 0 Å². The molecule has 1 atom stereocenters. The van der Waals surface area contributed by atoms with Crippen molar-refractivity contribution in [2.24, 2.45) is 5.92 Å². The van der Waals surface area contributed by atoms with E-state index in [4.69, 9.17) is 11.6 Å². The molecule has 0 aliphatic heterocycles. The summed E-state index contributed by atoms with van der Waals surface area (Å²) in [5, 5.41) is 6.29. The molecule has 0 aliphatic carbocycles. The molecule has 1 aromatic rings. The van der Waals surface area contributed by atoms with Gasteiger partial charge in [0.2, 0.25) is 5.91 Å². The van der Waals surface area contributed by atoms with Gasteiger partial charge in [0.25, 0.3) is 0 Å². The summed E-state index contributed by atoms with van der Waals surface area (Å²) in [6, 6.07) is 7.12. The molecular weight excluding hydrogens is 340 g/mol. The van der Waals surface area contributed by atoms with Crippen molar-refractivity contribution >= 4 is 23.6 Å². The molecule has 1 aromatic carbocycles. The van der Waals surface area contributed by atoms with Crippen LogP contribution in [0.3, 0.4) is 0 Å². The Balaban J connectivity index is 2.90. The molecule has 0 heterocycles. The Morgan fingerprint density at radius 3 is 2.16 bits per heavy atom. The highest BCUT2D eigenvalue weighted by molar-refractivity contribution is 6.30. The van der Waals surface area contributed by atoms with Gasteiger partial charge in [-0.25, -0.2) is 4.79 Å². The Morgan fingerprint density at radius 1 is 1.16 bits per heavy atom. The summed E-state index contributed by atoms with van der Waals surface area (Å²) in [4.78, 5) is 24.1. The fourth-order valence-electron chi connectivity index (χ4n) is 2.90. The second kappa shape index (κ2) is 9.66. The number of carbonyl (C=O) groups excluding carboxylic acids is 2. The smallest absolute Gasteiger partial charge is 0.407 e. The number of ether oxygens (including phenoxy) is 1. The summed E-state index contributed by atoms with van der Waals surface area (Å²) in [5.41, 5.74) is 0.969. The zero-order valence-corrected chi connectivity index (χ0v) is 16.4. The van der Waals surface area contributed by atoms with Gasteiger partial charge in [-0.15, -0.1) is 0 Å². The second-order valence-electron chi connectivity index (χ2n) is 6.57. The van der Waals surface area contributed by atoms with Crippen LogP contribution in [0.15, 0.2) is 24.3 Å². The van der Waals surface area contributed by atoms with Crippen LogP contribution in [0.2, 0.25) is 5.02 Å². The highest BCUT2D eigenvalue weighted by Gasteiger charge is 2.31. The molecule has 0 saturated heterocycles. The number of halogens is 1. The van der Waals surface area contributed by atoms with E-state index in [0.717, 1.165) is 18.4 Å². The van der Waals surface area contributed by atoms with Crippen LogP contribution in [0, 0.1) is 5.92 Å². The molecule has 2 amide bonds. The number of amides is 2. The molecule has 0 spiro atoms. The van der Waals surface area contributed by atoms with E-state index in [0.29, 0.717) is 11.6 Å². The first-order chi connectivity index (χ1) is 11.8. The Kier molecular flexibility index (Phi) is 8.23. The van der Waals surface area contributed by atoms with E-state index in [1.54, 1.807) is 0 Å². The molecule has 1 rings (SSSR count). The topological polar surface area (TPSA) is 67.4 Å². The van der Waals surface area contributed by atoms with E-state index < -0.39 is 12.1 Å². The predicted octanol–water partition coefficient (Wildman–Crippen LogP) is 3.89. The lowest BCUT2D eigenvalue weighted by Crippen LogP contribution is -2.52. The lowest BCUT2D eigenvalue weighted by atomic mass is 9.75. The molecule has 25 heavy (non-hydrogen) atoms. The zero-order chi connectivity index (χ0) is 19.0. The Bertz CT molecular complexity index is 569. The van der Waals surface area contributed by atoms with Crippen molar-refractivity contribution in [2.75, 3.05) is 13.7 Å². The van der Waals surface area contributed by atoms with Crippen LogP contribution in [-0.2, 0) is 14.9 Å². The normalized spacial score (nSPS) is 12.6. The summed E-state index contributed by atoms with van der Waals surface area (Å²) in [6.45, 7) is 8.47. The molecule has 0 saturated carbocycles. The number of hydrogen-bond donors (Lipinski definition) is 2. The summed E-state index contributed by atoms with van der Waals surface area (Å²) in [5.74, 6) is -0.257. The molecule has 0 radical (unpaired) electrons. The standard InChI is InChI=1S/C19H29ClN2O3/c1-6-19(7-2,14-8-10-15(20)11-9-14)12-21-17(23)16(13(3)4)22-18(24)25-5/h8-11,13,16H,6-7,12H2,1-5H3,(H,21,23)(H,22,24). The van der Waals surface area contributed by atoms with Crippen molar-refractivity contribution in [3.05, 3.63) is 34.9 Å². The van der Waals surface area contributed by atoms with Crippen molar-refractivity contribution in [3.8, 4) is 0 Å². The number of benzene rings is 1. The van der Waals surface area contributed by atoms with Crippen LogP contribution < -0.4 is 10.6 Å². The summed E-state index contributed by atoms with van der Waals surface area (Å²) in [6.07, 6.45) is 1.15. The first-order valence-electron chi connectivity index (χ1n) is 8.67. The maximum absolute atomic E-state index is 12.6. The summed E-state index contributed by atoms with van der Waals surface area (Å²) in [7, 11) is 1.28. The SMILES string of the molecule is CCC(CC)(CNC(=O)C(NC(=O)OC)C(C)C)c1ccc(Cl)cc1. The number of methoxy groups -OCH3 is 1. The van der Waals surface area contributed by atoms with Gasteiger partial charge in [-0.05, 0) is 36.5 Å². The summed E-state index contributed by atoms with van der Waals surface area (Å²) >= 11 is 5.99. The van der Waals surface area contributed by atoms with Crippen molar-refractivity contribution in [1.82, 2.24) is 10.6 Å². The Morgan fingerprint density at radius 2 is 1.72 bits per heavy atom. The van der Waals surface area contributed by atoms with E-state index in [-0.39, 0.29) is 17.2 Å². The molecule has 0 fully saturated rings. The first-order valence-corrected chi connectivity index (χ1v) is 9.05. The van der Waals surface area contributed by atoms with Gasteiger partial charge >= 0.3 is 6.09 Å². The second-order valence-corrected chi connectivity index (χ2v) is 7.01. The van der Waals surface area contributed by atoms with Crippen LogP contribution in [0.5, 0.6) is 0 Å². The highest BCUT2D eigenvalue weighted by Crippen LogP contribution is 2.31. The minimum Gasteiger partial charge on any atom is -0.453 e. The fourth-order valence-corrected chi connectivity index (χ4v) is 3.03. The quantitative estimate of drug-likeness (QED) is 0.731. The Labute approximate surface area is 155 Å². The molecule has 140 valence electrons. The summed E-state index contributed by atoms with van der Waals surface area (Å²) < 4.78 is 4.61. The minimum absolute atomic E-state index is 0.0488. The first kappa shape index (κ1) is 21.3. The molecule has 5 nitrogen and oxygen atoms in total. The molecule has 1 unspecified atom stereocenters. The monoisotopic (exact) mass is 368 g/mol. The van der Waals surface area contributed by atoms with Crippen molar-refractivity contribution in [1.29, 1.82) is 0 Å². The van der Waals surface area contributed by atoms with E-state index in [1.807, 2.05) is 38.1 Å². The molecule has 2 N–H and O–H groups in total. The van der Waals surface area contributed by atoms with Gasteiger partial charge in [-0.3, -0.25) is 4.79 Å². The van der Waals surface area contributed by atoms with Crippen LogP contribution in [0.25, 0.3) is 0 Å². The van der Waals surface area contributed by atoms with Crippen molar-refractivity contribution < 1.29 is 14.3 Å². The minimum atomic E-state index is -0.635. The maximum Gasteiger partial charge on any atom is 0.407 e. The van der Waals surface area contributed by atoms with Gasteiger partial charge in [0.15, 0.2) is 0 Å². The van der Waals surface area contributed by atoms with Gasteiger partial charge in [0, 0.05) is 17.0 Å². The molecular formula is C19H29ClN2O3. The van der Waals surface area contributed by atoms with Crippen molar-refractivity contribution in [3.63, 3.8) is 0 Å². The van der Waals surface area contributed by atoms with E-state index in [1.165, 1.54) is 7.11 Å². The number of alkyl carbamates (subject to hydrolysis) is 1. The molecule has 0 aliphatic rings. The Hall–Kier alpha value is -1.75. The van der Waals surface area contributed by atoms with Gasteiger partial charge in [-0.2, -0.15) is 0 Å². The number of rotatable bonds is 8. The average Bonchev–Trinajstić information content (AvgIpc) is 2.61. The van der Waals surface area contributed by atoms with Crippen LogP contribution in [0.1, 0.15) is 46.1 Å². The number of carbonyl (C=O) groups is 2. The van der Waals surface area contributed by atoms with Gasteiger partial charge in [0.1, 0.15) is 6.04 Å². The van der Waals surface area contributed by atoms with Crippen LogP contribution in [-0.4, -0.2) is 31.7 Å². The fraction of sp³-hybridized carbons (Fsp3) is 0.579. The molecule has 0 bridgehead atoms. The third-order valence-corrected chi connectivity index (χ3v) is 5.07. The zero-order valence-electron chi connectivity index (χ0n) is 15.7. The third kappa shape index (κ3) is 5.63. The van der Waals surface area contributed by atoms with Crippen molar-refractivity contribution in [2.45, 2.75) is 52.0 Å². The lowest BCUT2D eigenvalue weighted by molar-refractivity contribution is -0.124. The maximum atomic E-state index is 12.6. The van der Waals surface area contributed by atoms with E-state index in [9.17, 15) is 9.59 Å². The highest BCUT2D eigenvalue weighted by atomic mass is 35.5. The van der Waals surface area contributed by atoms with Gasteiger partial charge in [-0.1, -0.05) is 51.4 Å². The van der Waals surface area contributed by atoms with Gasteiger partial charge in [0.05, 0.1) is 7.11 Å². The average molecular weight is 369 g/mol. The molecule has 0 aromatic heterocycles. The largest absolute Gasteiger partial charge is 0.453 e. The third-order valence-electron chi connectivity index (χ3n) is 4.82. The molecule has 6 heteroatoms.